The van der Waals surface area contributed by atoms with Gasteiger partial charge in [-0.1, -0.05) is 42.7 Å². The molecule has 0 spiro atoms. The molecular formula is C19H29ClO2. The fraction of sp³-hybridized carbons (Fsp3) is 0.632. The molecular weight excluding hydrogens is 296 g/mol. The van der Waals surface area contributed by atoms with Crippen LogP contribution in [0.1, 0.15) is 64.5 Å². The van der Waals surface area contributed by atoms with Crippen molar-refractivity contribution in [2.75, 3.05) is 5.88 Å². The van der Waals surface area contributed by atoms with Crippen LogP contribution in [0.2, 0.25) is 0 Å². The molecule has 0 heterocycles. The molecule has 0 radical (unpaired) electrons. The highest BCUT2D eigenvalue weighted by Crippen LogP contribution is 2.33. The molecule has 0 N–H and O–H groups in total. The topological polar surface area (TPSA) is 26.3 Å². The SMILES string of the molecule is Cc1cccc(C(C)(CCCCCCl)C(=O)OC(C)(C)C)c1. The number of ether oxygens (including phenoxy) is 1. The molecule has 0 amide bonds. The van der Waals surface area contributed by atoms with Gasteiger partial charge < -0.3 is 4.74 Å². The van der Waals surface area contributed by atoms with E-state index in [0.29, 0.717) is 5.88 Å². The van der Waals surface area contributed by atoms with E-state index in [2.05, 4.69) is 6.07 Å². The molecule has 0 saturated carbocycles. The molecule has 2 nitrogen and oxygen atoms in total. The van der Waals surface area contributed by atoms with Crippen LogP contribution in [-0.2, 0) is 14.9 Å². The fourth-order valence-electron chi connectivity index (χ4n) is 2.49. The highest BCUT2D eigenvalue weighted by atomic mass is 35.5. The van der Waals surface area contributed by atoms with Gasteiger partial charge in [-0.25, -0.2) is 0 Å². The van der Waals surface area contributed by atoms with E-state index in [0.717, 1.165) is 36.8 Å². The normalized spacial score (nSPS) is 14.5. The van der Waals surface area contributed by atoms with E-state index in [1.165, 1.54) is 0 Å². The molecule has 0 aromatic heterocycles. The summed E-state index contributed by atoms with van der Waals surface area (Å²) in [6, 6.07) is 8.17. The second-order valence-corrected chi connectivity index (χ2v) is 7.58. The Balaban J connectivity index is 3.00. The number of halogens is 1. The van der Waals surface area contributed by atoms with Gasteiger partial charge in [0.1, 0.15) is 5.60 Å². The largest absolute Gasteiger partial charge is 0.459 e. The van der Waals surface area contributed by atoms with Crippen molar-refractivity contribution in [3.63, 3.8) is 0 Å². The number of hydrogen-bond donors (Lipinski definition) is 0. The minimum Gasteiger partial charge on any atom is -0.459 e. The Hall–Kier alpha value is -1.02. The summed E-state index contributed by atoms with van der Waals surface area (Å²) in [4.78, 5) is 12.8. The maximum absolute atomic E-state index is 12.8. The van der Waals surface area contributed by atoms with Gasteiger partial charge in [0.25, 0.3) is 0 Å². The van der Waals surface area contributed by atoms with E-state index in [1.807, 2.05) is 52.8 Å². The van der Waals surface area contributed by atoms with Gasteiger partial charge in [0.2, 0.25) is 0 Å². The molecule has 0 aliphatic rings. The summed E-state index contributed by atoms with van der Waals surface area (Å²) in [5.41, 5.74) is 1.12. The van der Waals surface area contributed by atoms with Gasteiger partial charge in [0.05, 0.1) is 5.41 Å². The first-order chi connectivity index (χ1) is 10.2. The van der Waals surface area contributed by atoms with Crippen molar-refractivity contribution in [2.45, 2.75) is 71.3 Å². The lowest BCUT2D eigenvalue weighted by molar-refractivity contribution is -0.162. The minimum absolute atomic E-state index is 0.142. The monoisotopic (exact) mass is 324 g/mol. The van der Waals surface area contributed by atoms with Gasteiger partial charge in [0.15, 0.2) is 0 Å². The number of benzene rings is 1. The number of unbranched alkanes of at least 4 members (excludes halogenated alkanes) is 2. The molecule has 0 bridgehead atoms. The maximum Gasteiger partial charge on any atom is 0.316 e. The zero-order valence-electron chi connectivity index (χ0n) is 14.5. The lowest BCUT2D eigenvalue weighted by Crippen LogP contribution is -2.39. The highest BCUT2D eigenvalue weighted by molar-refractivity contribution is 6.17. The Bertz CT molecular complexity index is 490. The van der Waals surface area contributed by atoms with Crippen LogP contribution >= 0.6 is 11.6 Å². The average Bonchev–Trinajstić information content (AvgIpc) is 2.41. The van der Waals surface area contributed by atoms with Gasteiger partial charge in [0, 0.05) is 5.88 Å². The van der Waals surface area contributed by atoms with Crippen LogP contribution < -0.4 is 0 Å². The number of carbonyl (C=O) groups excluding carboxylic acids is 1. The molecule has 3 heteroatoms. The summed E-state index contributed by atoms with van der Waals surface area (Å²) >= 11 is 5.75. The van der Waals surface area contributed by atoms with Crippen LogP contribution in [0.15, 0.2) is 24.3 Å². The Labute approximate surface area is 140 Å². The first-order valence-corrected chi connectivity index (χ1v) is 8.59. The molecule has 0 fully saturated rings. The standard InChI is InChI=1S/C19H29ClO2/c1-15-10-9-11-16(14-15)19(5,12-7-6-8-13-20)17(21)22-18(2,3)4/h9-11,14H,6-8,12-13H2,1-5H3. The Morgan fingerprint density at radius 2 is 1.82 bits per heavy atom. The summed E-state index contributed by atoms with van der Waals surface area (Å²) < 4.78 is 5.69. The molecule has 124 valence electrons. The summed E-state index contributed by atoms with van der Waals surface area (Å²) in [6.07, 6.45) is 3.77. The predicted molar refractivity (Wildman–Crippen MR) is 93.6 cm³/mol. The average molecular weight is 325 g/mol. The number of aryl methyl sites for hydroxylation is 1. The van der Waals surface area contributed by atoms with Crippen molar-refractivity contribution in [2.24, 2.45) is 0 Å². The minimum atomic E-state index is -0.606. The molecule has 1 unspecified atom stereocenters. The van der Waals surface area contributed by atoms with Crippen LogP contribution in [0.3, 0.4) is 0 Å². The van der Waals surface area contributed by atoms with Crippen LogP contribution in [-0.4, -0.2) is 17.5 Å². The Kier molecular flexibility index (Phi) is 6.93. The van der Waals surface area contributed by atoms with Crippen LogP contribution in [0.4, 0.5) is 0 Å². The maximum atomic E-state index is 12.8. The lowest BCUT2D eigenvalue weighted by atomic mass is 9.77. The van der Waals surface area contributed by atoms with E-state index in [-0.39, 0.29) is 5.97 Å². The lowest BCUT2D eigenvalue weighted by Gasteiger charge is -2.32. The number of carbonyl (C=O) groups is 1. The van der Waals surface area contributed by atoms with E-state index in [1.54, 1.807) is 0 Å². The van der Waals surface area contributed by atoms with E-state index < -0.39 is 11.0 Å². The van der Waals surface area contributed by atoms with Crippen molar-refractivity contribution >= 4 is 17.6 Å². The van der Waals surface area contributed by atoms with Crippen molar-refractivity contribution < 1.29 is 9.53 Å². The van der Waals surface area contributed by atoms with E-state index >= 15 is 0 Å². The molecule has 1 aromatic rings. The van der Waals surface area contributed by atoms with Crippen LogP contribution in [0, 0.1) is 6.92 Å². The van der Waals surface area contributed by atoms with Crippen molar-refractivity contribution in [3.05, 3.63) is 35.4 Å². The van der Waals surface area contributed by atoms with Gasteiger partial charge in [-0.05, 0) is 53.0 Å². The first-order valence-electron chi connectivity index (χ1n) is 8.05. The van der Waals surface area contributed by atoms with Gasteiger partial charge in [-0.15, -0.1) is 11.6 Å². The Morgan fingerprint density at radius 3 is 2.36 bits per heavy atom. The summed E-state index contributed by atoms with van der Waals surface area (Å²) in [5.74, 6) is 0.532. The first kappa shape index (κ1) is 19.0. The third-order valence-electron chi connectivity index (χ3n) is 3.82. The predicted octanol–water partition coefficient (Wildman–Crippen LogP) is 5.39. The summed E-state index contributed by atoms with van der Waals surface area (Å²) in [5, 5.41) is 0. The Morgan fingerprint density at radius 1 is 1.14 bits per heavy atom. The quantitative estimate of drug-likeness (QED) is 0.381. The smallest absolute Gasteiger partial charge is 0.316 e. The van der Waals surface area contributed by atoms with Crippen LogP contribution in [0.25, 0.3) is 0 Å². The number of alkyl halides is 1. The van der Waals surface area contributed by atoms with Gasteiger partial charge in [-0.2, -0.15) is 0 Å². The van der Waals surface area contributed by atoms with E-state index in [4.69, 9.17) is 16.3 Å². The number of rotatable bonds is 7. The number of hydrogen-bond acceptors (Lipinski definition) is 2. The van der Waals surface area contributed by atoms with E-state index in [9.17, 15) is 4.79 Å². The van der Waals surface area contributed by atoms with Crippen LogP contribution in [0.5, 0.6) is 0 Å². The molecule has 1 aromatic carbocycles. The number of esters is 1. The summed E-state index contributed by atoms with van der Waals surface area (Å²) in [6.45, 7) is 9.78. The molecule has 22 heavy (non-hydrogen) atoms. The van der Waals surface area contributed by atoms with Crippen molar-refractivity contribution in [1.82, 2.24) is 0 Å². The second-order valence-electron chi connectivity index (χ2n) is 7.20. The zero-order chi connectivity index (χ0) is 16.8. The molecule has 0 aliphatic carbocycles. The second kappa shape index (κ2) is 8.01. The van der Waals surface area contributed by atoms with Crippen molar-refractivity contribution in [3.8, 4) is 0 Å². The van der Waals surface area contributed by atoms with Crippen molar-refractivity contribution in [1.29, 1.82) is 0 Å². The molecule has 0 aliphatic heterocycles. The third-order valence-corrected chi connectivity index (χ3v) is 4.08. The van der Waals surface area contributed by atoms with Gasteiger partial charge in [-0.3, -0.25) is 4.79 Å². The fourth-order valence-corrected chi connectivity index (χ4v) is 2.68. The molecule has 0 saturated heterocycles. The van der Waals surface area contributed by atoms with Gasteiger partial charge >= 0.3 is 5.97 Å². The third kappa shape index (κ3) is 5.64. The highest BCUT2D eigenvalue weighted by Gasteiger charge is 2.38. The zero-order valence-corrected chi connectivity index (χ0v) is 15.3. The summed E-state index contributed by atoms with van der Waals surface area (Å²) in [7, 11) is 0. The molecule has 1 atom stereocenters. The molecule has 1 rings (SSSR count).